The van der Waals surface area contributed by atoms with E-state index in [-0.39, 0.29) is 18.9 Å². The van der Waals surface area contributed by atoms with Crippen LogP contribution in [0.25, 0.3) is 17.0 Å². The van der Waals surface area contributed by atoms with Gasteiger partial charge >= 0.3 is 0 Å². The van der Waals surface area contributed by atoms with Gasteiger partial charge in [-0.1, -0.05) is 45.7 Å². The van der Waals surface area contributed by atoms with E-state index in [1.165, 1.54) is 0 Å². The second kappa shape index (κ2) is 9.87. The van der Waals surface area contributed by atoms with Gasteiger partial charge in [-0.3, -0.25) is 4.79 Å². The number of benzene rings is 3. The Balaban J connectivity index is 1.40. The summed E-state index contributed by atoms with van der Waals surface area (Å²) in [6.07, 6.45) is 3.58. The molecule has 3 aromatic carbocycles. The van der Waals surface area contributed by atoms with Gasteiger partial charge < -0.3 is 19.4 Å². The van der Waals surface area contributed by atoms with Gasteiger partial charge in [0.1, 0.15) is 11.6 Å². The number of nitrogens with one attached hydrogen (secondary N) is 1. The van der Waals surface area contributed by atoms with Crippen molar-refractivity contribution in [2.75, 3.05) is 6.79 Å². The average Bonchev–Trinajstić information content (AvgIpc) is 3.46. The molecule has 0 atom stereocenters. The molecule has 0 saturated carbocycles. The summed E-state index contributed by atoms with van der Waals surface area (Å²) >= 11 is 9.55. The van der Waals surface area contributed by atoms with Crippen molar-refractivity contribution in [1.82, 2.24) is 9.88 Å². The van der Waals surface area contributed by atoms with Crippen molar-refractivity contribution in [3.63, 3.8) is 0 Å². The highest BCUT2D eigenvalue weighted by Gasteiger charge is 2.16. The summed E-state index contributed by atoms with van der Waals surface area (Å²) in [5, 5.41) is 14.2. The van der Waals surface area contributed by atoms with Gasteiger partial charge in [-0.15, -0.1) is 0 Å². The second-order valence-electron chi connectivity index (χ2n) is 8.04. The standard InChI is InChI=1S/C27H19BrClN3O3/c28-21-4-7-24-23(11-21)20(15-32(24)14-17-1-5-22(29)6-2-17)10-19(12-30)27(33)31-13-18-3-8-25-26(9-18)35-16-34-25/h1-11,15H,13-14,16H2,(H,31,33)/b19-10+. The Morgan fingerprint density at radius 3 is 2.66 bits per heavy atom. The van der Waals surface area contributed by atoms with Crippen LogP contribution in [0, 0.1) is 11.3 Å². The largest absolute Gasteiger partial charge is 0.454 e. The van der Waals surface area contributed by atoms with Crippen LogP contribution < -0.4 is 14.8 Å². The summed E-state index contributed by atoms with van der Waals surface area (Å²) in [5.74, 6) is 0.879. The summed E-state index contributed by atoms with van der Waals surface area (Å²) in [6.45, 7) is 1.08. The van der Waals surface area contributed by atoms with Gasteiger partial charge in [-0.05, 0) is 59.7 Å². The van der Waals surface area contributed by atoms with Gasteiger partial charge in [0.2, 0.25) is 6.79 Å². The number of nitrogens with zero attached hydrogens (tertiary/aromatic N) is 2. The van der Waals surface area contributed by atoms with E-state index in [0.717, 1.165) is 32.1 Å². The van der Waals surface area contributed by atoms with E-state index < -0.39 is 5.91 Å². The number of carbonyl (C=O) groups excluding carboxylic acids is 1. The van der Waals surface area contributed by atoms with E-state index in [0.29, 0.717) is 23.1 Å². The number of fused-ring (bicyclic) bond motifs is 2. The fourth-order valence-electron chi connectivity index (χ4n) is 3.96. The van der Waals surface area contributed by atoms with Crippen LogP contribution in [-0.2, 0) is 17.9 Å². The Morgan fingerprint density at radius 2 is 1.86 bits per heavy atom. The maximum atomic E-state index is 12.8. The number of rotatable bonds is 6. The third-order valence-corrected chi connectivity index (χ3v) is 6.44. The van der Waals surface area contributed by atoms with Crippen LogP contribution in [0.1, 0.15) is 16.7 Å². The fourth-order valence-corrected chi connectivity index (χ4v) is 4.45. The summed E-state index contributed by atoms with van der Waals surface area (Å²) < 4.78 is 13.7. The lowest BCUT2D eigenvalue weighted by molar-refractivity contribution is -0.117. The van der Waals surface area contributed by atoms with Crippen LogP contribution in [0.15, 0.2) is 76.9 Å². The normalized spacial score (nSPS) is 12.5. The molecule has 1 aromatic heterocycles. The number of hydrogen-bond acceptors (Lipinski definition) is 4. The van der Waals surface area contributed by atoms with E-state index in [9.17, 15) is 10.1 Å². The van der Waals surface area contributed by atoms with E-state index in [1.807, 2.05) is 66.9 Å². The van der Waals surface area contributed by atoms with Crippen LogP contribution in [0.4, 0.5) is 0 Å². The smallest absolute Gasteiger partial charge is 0.262 e. The molecule has 174 valence electrons. The first-order valence-corrected chi connectivity index (χ1v) is 12.0. The lowest BCUT2D eigenvalue weighted by Crippen LogP contribution is -2.23. The summed E-state index contributed by atoms with van der Waals surface area (Å²) in [7, 11) is 0. The van der Waals surface area contributed by atoms with E-state index in [4.69, 9.17) is 21.1 Å². The second-order valence-corrected chi connectivity index (χ2v) is 9.39. The van der Waals surface area contributed by atoms with Gasteiger partial charge in [0.05, 0.1) is 0 Å². The molecule has 8 heteroatoms. The molecule has 0 aliphatic carbocycles. The highest BCUT2D eigenvalue weighted by molar-refractivity contribution is 9.10. The van der Waals surface area contributed by atoms with Crippen molar-refractivity contribution in [1.29, 1.82) is 5.26 Å². The lowest BCUT2D eigenvalue weighted by Gasteiger charge is -2.06. The molecule has 5 rings (SSSR count). The fraction of sp³-hybridized carbons (Fsp3) is 0.111. The molecule has 1 amide bonds. The molecule has 1 N–H and O–H groups in total. The van der Waals surface area contributed by atoms with Crippen molar-refractivity contribution in [3.05, 3.63) is 98.6 Å². The SMILES string of the molecule is N#C/C(=C\c1cn(Cc2ccc(Cl)cc2)c2ccc(Br)cc12)C(=O)NCc1ccc2c(c1)OCO2. The zero-order chi connectivity index (χ0) is 24.4. The molecule has 2 heterocycles. The molecule has 0 spiro atoms. The van der Waals surface area contributed by atoms with Crippen molar-refractivity contribution >= 4 is 50.4 Å². The molecule has 35 heavy (non-hydrogen) atoms. The Bertz CT molecular complexity index is 1500. The molecule has 1 aliphatic heterocycles. The minimum atomic E-state index is -0.446. The van der Waals surface area contributed by atoms with Crippen LogP contribution in [0.3, 0.4) is 0 Å². The monoisotopic (exact) mass is 547 g/mol. The molecular weight excluding hydrogens is 530 g/mol. The van der Waals surface area contributed by atoms with E-state index >= 15 is 0 Å². The highest BCUT2D eigenvalue weighted by atomic mass is 79.9. The highest BCUT2D eigenvalue weighted by Crippen LogP contribution is 2.32. The molecule has 4 aromatic rings. The molecular formula is C27H19BrClN3O3. The van der Waals surface area contributed by atoms with Gasteiger partial charge in [-0.25, -0.2) is 0 Å². The average molecular weight is 549 g/mol. The molecule has 0 unspecified atom stereocenters. The zero-order valence-electron chi connectivity index (χ0n) is 18.4. The van der Waals surface area contributed by atoms with Crippen molar-refractivity contribution in [2.45, 2.75) is 13.1 Å². The Hall–Kier alpha value is -3.73. The Labute approximate surface area is 215 Å². The lowest BCUT2D eigenvalue weighted by atomic mass is 10.1. The first kappa shape index (κ1) is 23.0. The third kappa shape index (κ3) is 5.04. The summed E-state index contributed by atoms with van der Waals surface area (Å²) in [4.78, 5) is 12.8. The molecule has 0 radical (unpaired) electrons. The van der Waals surface area contributed by atoms with Crippen LogP contribution in [-0.4, -0.2) is 17.3 Å². The number of halogens is 2. The predicted octanol–water partition coefficient (Wildman–Crippen LogP) is 6.06. The van der Waals surface area contributed by atoms with Gasteiger partial charge in [0, 0.05) is 45.2 Å². The third-order valence-electron chi connectivity index (χ3n) is 5.70. The maximum Gasteiger partial charge on any atom is 0.262 e. The van der Waals surface area contributed by atoms with Crippen LogP contribution >= 0.6 is 27.5 Å². The minimum absolute atomic E-state index is 0.0243. The van der Waals surface area contributed by atoms with Crippen LogP contribution in [0.2, 0.25) is 5.02 Å². The van der Waals surface area contributed by atoms with E-state index in [1.54, 1.807) is 12.1 Å². The van der Waals surface area contributed by atoms with Gasteiger partial charge in [0.15, 0.2) is 11.5 Å². The summed E-state index contributed by atoms with van der Waals surface area (Å²) in [6, 6.07) is 21.2. The molecule has 0 saturated heterocycles. The van der Waals surface area contributed by atoms with Crippen molar-refractivity contribution in [3.8, 4) is 17.6 Å². The number of aromatic nitrogens is 1. The number of amides is 1. The summed E-state index contributed by atoms with van der Waals surface area (Å²) in [5.41, 5.74) is 3.74. The molecule has 1 aliphatic rings. The predicted molar refractivity (Wildman–Crippen MR) is 138 cm³/mol. The van der Waals surface area contributed by atoms with Crippen LogP contribution in [0.5, 0.6) is 11.5 Å². The number of hydrogen-bond donors (Lipinski definition) is 1. The quantitative estimate of drug-likeness (QED) is 0.235. The molecule has 0 fully saturated rings. The van der Waals surface area contributed by atoms with Crippen molar-refractivity contribution in [2.24, 2.45) is 0 Å². The Morgan fingerprint density at radius 1 is 1.09 bits per heavy atom. The Kier molecular flexibility index (Phi) is 6.49. The molecule has 6 nitrogen and oxygen atoms in total. The first-order chi connectivity index (χ1) is 17.0. The first-order valence-electron chi connectivity index (χ1n) is 10.8. The molecule has 0 bridgehead atoms. The minimum Gasteiger partial charge on any atom is -0.454 e. The topological polar surface area (TPSA) is 76.3 Å². The number of carbonyl (C=O) groups is 1. The maximum absolute atomic E-state index is 12.8. The number of ether oxygens (including phenoxy) is 2. The van der Waals surface area contributed by atoms with E-state index in [2.05, 4.69) is 25.8 Å². The van der Waals surface area contributed by atoms with Crippen molar-refractivity contribution < 1.29 is 14.3 Å². The zero-order valence-corrected chi connectivity index (χ0v) is 20.8. The van der Waals surface area contributed by atoms with Gasteiger partial charge in [0.25, 0.3) is 5.91 Å². The number of nitriles is 1. The van der Waals surface area contributed by atoms with Gasteiger partial charge in [-0.2, -0.15) is 5.26 Å².